The Labute approximate surface area is 142 Å². The highest BCUT2D eigenvalue weighted by atomic mass is 16.5. The summed E-state index contributed by atoms with van der Waals surface area (Å²) >= 11 is 0. The van der Waals surface area contributed by atoms with Crippen molar-refractivity contribution in [3.63, 3.8) is 0 Å². The molecule has 2 aliphatic heterocycles. The van der Waals surface area contributed by atoms with Crippen LogP contribution in [0.1, 0.15) is 42.5 Å². The molecule has 1 N–H and O–H groups in total. The van der Waals surface area contributed by atoms with Crippen LogP contribution in [-0.4, -0.2) is 24.5 Å². The van der Waals surface area contributed by atoms with E-state index in [2.05, 4.69) is 40.5 Å². The molecule has 1 amide bonds. The zero-order valence-electron chi connectivity index (χ0n) is 13.9. The van der Waals surface area contributed by atoms with Crippen LogP contribution in [-0.2, 0) is 4.79 Å². The third kappa shape index (κ3) is 2.62. The highest BCUT2D eigenvalue weighted by Gasteiger charge is 2.35. The first-order valence-electron chi connectivity index (χ1n) is 8.55. The molecule has 4 heteroatoms. The molecule has 4 rings (SSSR count). The predicted molar refractivity (Wildman–Crippen MR) is 94.1 cm³/mol. The maximum atomic E-state index is 12.3. The maximum Gasteiger partial charge on any atom is 0.223 e. The van der Waals surface area contributed by atoms with Crippen molar-refractivity contribution in [3.05, 3.63) is 59.7 Å². The van der Waals surface area contributed by atoms with Crippen LogP contribution >= 0.6 is 0 Å². The summed E-state index contributed by atoms with van der Waals surface area (Å²) in [5.41, 5.74) is 3.59. The number of fused-ring (bicyclic) bond motifs is 1. The van der Waals surface area contributed by atoms with Crippen LogP contribution in [0.15, 0.2) is 48.5 Å². The summed E-state index contributed by atoms with van der Waals surface area (Å²) in [7, 11) is 1.68. The lowest BCUT2D eigenvalue weighted by Gasteiger charge is -2.38. The normalized spacial score (nSPS) is 22.9. The number of likely N-dealkylation sites (tertiary alicyclic amines) is 1. The van der Waals surface area contributed by atoms with E-state index in [9.17, 15) is 4.79 Å². The Morgan fingerprint density at radius 2 is 1.92 bits per heavy atom. The molecular weight excluding hydrogens is 300 g/mol. The molecular formula is C20H22N2O2. The predicted octanol–water partition coefficient (Wildman–Crippen LogP) is 3.92. The zero-order chi connectivity index (χ0) is 16.5. The Bertz CT molecular complexity index is 742. The number of nitrogens with one attached hydrogen (secondary N) is 1. The van der Waals surface area contributed by atoms with Crippen molar-refractivity contribution in [2.75, 3.05) is 19.0 Å². The van der Waals surface area contributed by atoms with Crippen LogP contribution in [0.3, 0.4) is 0 Å². The molecule has 24 heavy (non-hydrogen) atoms. The number of ether oxygens (including phenoxy) is 1. The molecule has 0 saturated carbocycles. The summed E-state index contributed by atoms with van der Waals surface area (Å²) in [6, 6.07) is 16.9. The third-order valence-corrected chi connectivity index (χ3v) is 5.11. The summed E-state index contributed by atoms with van der Waals surface area (Å²) in [6.45, 7) is 0.868. The summed E-state index contributed by atoms with van der Waals surface area (Å²) in [4.78, 5) is 14.4. The molecule has 4 nitrogen and oxygen atoms in total. The van der Waals surface area contributed by atoms with E-state index in [1.807, 2.05) is 18.2 Å². The largest absolute Gasteiger partial charge is 0.497 e. The van der Waals surface area contributed by atoms with E-state index >= 15 is 0 Å². The van der Waals surface area contributed by atoms with E-state index in [-0.39, 0.29) is 18.0 Å². The number of benzene rings is 2. The van der Waals surface area contributed by atoms with Crippen LogP contribution in [0.25, 0.3) is 0 Å². The van der Waals surface area contributed by atoms with Gasteiger partial charge in [0.05, 0.1) is 19.2 Å². The van der Waals surface area contributed by atoms with Gasteiger partial charge in [-0.05, 0) is 42.2 Å². The van der Waals surface area contributed by atoms with Gasteiger partial charge in [0.25, 0.3) is 0 Å². The van der Waals surface area contributed by atoms with Crippen LogP contribution in [0.4, 0.5) is 5.69 Å². The molecule has 0 unspecified atom stereocenters. The summed E-state index contributed by atoms with van der Waals surface area (Å²) < 4.78 is 5.26. The van der Waals surface area contributed by atoms with Gasteiger partial charge in [-0.3, -0.25) is 4.79 Å². The van der Waals surface area contributed by atoms with E-state index in [1.165, 1.54) is 11.1 Å². The molecule has 2 heterocycles. The van der Waals surface area contributed by atoms with Gasteiger partial charge >= 0.3 is 0 Å². The zero-order valence-corrected chi connectivity index (χ0v) is 13.9. The second-order valence-corrected chi connectivity index (χ2v) is 6.50. The summed E-state index contributed by atoms with van der Waals surface area (Å²) in [6.07, 6.45) is 2.55. The first kappa shape index (κ1) is 15.1. The summed E-state index contributed by atoms with van der Waals surface area (Å²) in [5, 5.41) is 3.64. The fourth-order valence-electron chi connectivity index (χ4n) is 3.87. The Morgan fingerprint density at radius 3 is 2.62 bits per heavy atom. The molecule has 0 aliphatic carbocycles. The Balaban J connectivity index is 1.67. The quantitative estimate of drug-likeness (QED) is 0.931. The minimum atomic E-state index is 0.157. The molecule has 0 aromatic heterocycles. The van der Waals surface area contributed by atoms with Gasteiger partial charge in [-0.1, -0.05) is 30.3 Å². The number of para-hydroxylation sites is 1. The van der Waals surface area contributed by atoms with Crippen molar-refractivity contribution in [2.24, 2.45) is 0 Å². The van der Waals surface area contributed by atoms with Crippen molar-refractivity contribution in [3.8, 4) is 5.75 Å². The average Bonchev–Trinajstić information content (AvgIpc) is 3.06. The molecule has 2 atom stereocenters. The number of anilines is 1. The lowest BCUT2D eigenvalue weighted by molar-refractivity contribution is -0.130. The highest BCUT2D eigenvalue weighted by molar-refractivity contribution is 5.79. The second-order valence-electron chi connectivity index (χ2n) is 6.50. The summed E-state index contributed by atoms with van der Waals surface area (Å²) in [5.74, 6) is 1.14. The van der Waals surface area contributed by atoms with E-state index in [4.69, 9.17) is 4.74 Å². The number of amides is 1. The van der Waals surface area contributed by atoms with Crippen molar-refractivity contribution in [2.45, 2.75) is 31.3 Å². The van der Waals surface area contributed by atoms with E-state index < -0.39 is 0 Å². The van der Waals surface area contributed by atoms with Gasteiger partial charge in [0.1, 0.15) is 5.75 Å². The van der Waals surface area contributed by atoms with Gasteiger partial charge in [0.15, 0.2) is 0 Å². The van der Waals surface area contributed by atoms with Crippen LogP contribution < -0.4 is 10.1 Å². The first-order chi connectivity index (χ1) is 11.8. The monoisotopic (exact) mass is 322 g/mol. The number of carbonyl (C=O) groups excluding carboxylic acids is 1. The lowest BCUT2D eigenvalue weighted by Crippen LogP contribution is -2.35. The smallest absolute Gasteiger partial charge is 0.223 e. The molecule has 1 saturated heterocycles. The van der Waals surface area contributed by atoms with E-state index in [0.717, 1.165) is 30.8 Å². The Morgan fingerprint density at radius 1 is 1.12 bits per heavy atom. The molecule has 2 aromatic carbocycles. The topological polar surface area (TPSA) is 41.6 Å². The van der Waals surface area contributed by atoms with Gasteiger partial charge in [0, 0.05) is 18.7 Å². The van der Waals surface area contributed by atoms with Gasteiger partial charge in [-0.2, -0.15) is 0 Å². The van der Waals surface area contributed by atoms with E-state index in [1.54, 1.807) is 7.11 Å². The Kier molecular flexibility index (Phi) is 3.89. The molecule has 124 valence electrons. The number of hydrogen-bond acceptors (Lipinski definition) is 3. The van der Waals surface area contributed by atoms with Gasteiger partial charge in [0.2, 0.25) is 5.91 Å². The van der Waals surface area contributed by atoms with E-state index in [0.29, 0.717) is 6.42 Å². The van der Waals surface area contributed by atoms with Crippen molar-refractivity contribution < 1.29 is 9.53 Å². The fourth-order valence-corrected chi connectivity index (χ4v) is 3.87. The maximum absolute atomic E-state index is 12.3. The van der Waals surface area contributed by atoms with Gasteiger partial charge in [-0.25, -0.2) is 0 Å². The van der Waals surface area contributed by atoms with Gasteiger partial charge in [-0.15, -0.1) is 0 Å². The minimum absolute atomic E-state index is 0.157. The first-order valence-corrected chi connectivity index (χ1v) is 8.55. The second kappa shape index (κ2) is 6.19. The molecule has 2 aromatic rings. The SMILES string of the molecule is COc1ccc([C@@H]2C[C@H](N3CCCC3=O)c3ccccc3N2)cc1. The van der Waals surface area contributed by atoms with Crippen LogP contribution in [0.5, 0.6) is 5.75 Å². The third-order valence-electron chi connectivity index (χ3n) is 5.11. The lowest BCUT2D eigenvalue weighted by atomic mass is 9.88. The fraction of sp³-hybridized carbons (Fsp3) is 0.350. The Hall–Kier alpha value is -2.49. The van der Waals surface area contributed by atoms with Crippen molar-refractivity contribution in [1.82, 2.24) is 4.90 Å². The van der Waals surface area contributed by atoms with Gasteiger partial charge < -0.3 is 15.0 Å². The standard InChI is InChI=1S/C20H22N2O2/c1-24-15-10-8-14(9-11-15)18-13-19(22-12-4-7-20(22)23)16-5-2-3-6-17(16)21-18/h2-3,5-6,8-11,18-19,21H,4,7,12-13H2,1H3/t18-,19-/m0/s1. The molecule has 2 aliphatic rings. The average molecular weight is 322 g/mol. The highest BCUT2D eigenvalue weighted by Crippen LogP contribution is 2.43. The van der Waals surface area contributed by atoms with Crippen molar-refractivity contribution >= 4 is 11.6 Å². The number of hydrogen-bond donors (Lipinski definition) is 1. The molecule has 0 spiro atoms. The number of carbonyl (C=O) groups is 1. The van der Waals surface area contributed by atoms with Crippen LogP contribution in [0.2, 0.25) is 0 Å². The number of rotatable bonds is 3. The van der Waals surface area contributed by atoms with Crippen LogP contribution in [0, 0.1) is 0 Å². The minimum Gasteiger partial charge on any atom is -0.497 e. The number of nitrogens with zero attached hydrogens (tertiary/aromatic N) is 1. The molecule has 0 bridgehead atoms. The number of methoxy groups -OCH3 is 1. The molecule has 0 radical (unpaired) electrons. The molecule has 1 fully saturated rings. The van der Waals surface area contributed by atoms with Crippen molar-refractivity contribution in [1.29, 1.82) is 0 Å².